The van der Waals surface area contributed by atoms with Crippen molar-refractivity contribution in [3.8, 4) is 0 Å². The number of fused-ring (bicyclic) bond motifs is 1. The first-order valence-corrected chi connectivity index (χ1v) is 10.5. The number of nitrogens with zero attached hydrogens (tertiary/aromatic N) is 4. The van der Waals surface area contributed by atoms with Crippen LogP contribution in [0.2, 0.25) is 0 Å². The quantitative estimate of drug-likeness (QED) is 0.673. The van der Waals surface area contributed by atoms with E-state index in [1.807, 2.05) is 33.8 Å². The smallest absolute Gasteiger partial charge is 0.254 e. The van der Waals surface area contributed by atoms with Crippen molar-refractivity contribution in [1.29, 1.82) is 0 Å². The van der Waals surface area contributed by atoms with Crippen LogP contribution in [0.15, 0.2) is 42.6 Å². The maximum absolute atomic E-state index is 13.6. The fourth-order valence-corrected chi connectivity index (χ4v) is 4.05. The van der Waals surface area contributed by atoms with Crippen LogP contribution < -0.4 is 0 Å². The van der Waals surface area contributed by atoms with Gasteiger partial charge in [-0.1, -0.05) is 30.3 Å². The first-order chi connectivity index (χ1) is 14.1. The lowest BCUT2D eigenvalue weighted by molar-refractivity contribution is -0.0227. The van der Waals surface area contributed by atoms with E-state index in [-0.39, 0.29) is 18.1 Å². The third kappa shape index (κ3) is 3.42. The number of amides is 1. The van der Waals surface area contributed by atoms with Gasteiger partial charge >= 0.3 is 0 Å². The van der Waals surface area contributed by atoms with Gasteiger partial charge in [0.2, 0.25) is 0 Å². The summed E-state index contributed by atoms with van der Waals surface area (Å²) in [7, 11) is 0. The van der Waals surface area contributed by atoms with E-state index in [9.17, 15) is 4.79 Å². The Morgan fingerprint density at radius 3 is 2.72 bits per heavy atom. The Bertz CT molecular complexity index is 1040. The van der Waals surface area contributed by atoms with Crippen molar-refractivity contribution in [2.75, 3.05) is 19.7 Å². The zero-order chi connectivity index (χ0) is 20.0. The normalized spacial score (nSPS) is 19.8. The molecule has 1 aliphatic carbocycles. The number of pyridine rings is 1. The first kappa shape index (κ1) is 18.3. The van der Waals surface area contributed by atoms with Crippen molar-refractivity contribution in [2.45, 2.75) is 44.8 Å². The second-order valence-corrected chi connectivity index (χ2v) is 8.31. The summed E-state index contributed by atoms with van der Waals surface area (Å²) in [6, 6.07) is 12.3. The second-order valence-electron chi connectivity index (χ2n) is 8.31. The number of benzene rings is 1. The number of ether oxygens (including phenoxy) is 1. The number of hydrogen-bond acceptors (Lipinski definition) is 4. The lowest BCUT2D eigenvalue weighted by Crippen LogP contribution is -2.42. The molecule has 3 heterocycles. The average molecular weight is 390 g/mol. The fraction of sp³-hybridized carbons (Fsp3) is 0.435. The minimum absolute atomic E-state index is 0.0480. The molecule has 150 valence electrons. The van der Waals surface area contributed by atoms with Gasteiger partial charge in [-0.3, -0.25) is 4.79 Å². The van der Waals surface area contributed by atoms with Gasteiger partial charge in [0.15, 0.2) is 5.65 Å². The van der Waals surface area contributed by atoms with Crippen molar-refractivity contribution in [3.63, 3.8) is 0 Å². The summed E-state index contributed by atoms with van der Waals surface area (Å²) >= 11 is 0. The zero-order valence-electron chi connectivity index (χ0n) is 16.9. The predicted molar refractivity (Wildman–Crippen MR) is 111 cm³/mol. The minimum Gasteiger partial charge on any atom is -0.370 e. The van der Waals surface area contributed by atoms with E-state index in [0.29, 0.717) is 25.6 Å². The number of hydrogen-bond donors (Lipinski definition) is 0. The maximum Gasteiger partial charge on any atom is 0.254 e. The Balaban J connectivity index is 1.50. The molecule has 2 aromatic heterocycles. The average Bonchev–Trinajstić information content (AvgIpc) is 3.52. The monoisotopic (exact) mass is 390 g/mol. The van der Waals surface area contributed by atoms with Crippen LogP contribution in [-0.2, 0) is 4.74 Å². The van der Waals surface area contributed by atoms with E-state index in [4.69, 9.17) is 9.72 Å². The fourth-order valence-electron chi connectivity index (χ4n) is 4.05. The number of carbonyl (C=O) groups excluding carboxylic acids is 1. The van der Waals surface area contributed by atoms with E-state index in [2.05, 4.69) is 31.1 Å². The van der Waals surface area contributed by atoms with E-state index in [0.717, 1.165) is 40.7 Å². The lowest BCUT2D eigenvalue weighted by Gasteiger charge is -2.33. The highest BCUT2D eigenvalue weighted by atomic mass is 16.5. The van der Waals surface area contributed by atoms with Crippen LogP contribution in [0.4, 0.5) is 0 Å². The summed E-state index contributed by atoms with van der Waals surface area (Å²) in [5, 5.41) is 5.37. The molecule has 2 fully saturated rings. The Labute approximate surface area is 170 Å². The predicted octanol–water partition coefficient (Wildman–Crippen LogP) is 4.10. The summed E-state index contributed by atoms with van der Waals surface area (Å²) in [5.74, 6) is 0.523. The molecule has 0 spiro atoms. The number of carbonyl (C=O) groups is 1. The van der Waals surface area contributed by atoms with E-state index >= 15 is 0 Å². The molecule has 1 saturated heterocycles. The molecule has 0 bridgehead atoms. The molecule has 1 saturated carbocycles. The van der Waals surface area contributed by atoms with Gasteiger partial charge in [0.25, 0.3) is 5.91 Å². The standard InChI is InChI=1S/C23H26N4O2/c1-15(2)27-22-19(13-24-27)18(12-20(25-22)16-8-9-16)23(28)26-10-11-29-21(14-26)17-6-4-3-5-7-17/h3-7,12-13,15-16,21H,8-11,14H2,1-2H3. The van der Waals surface area contributed by atoms with Gasteiger partial charge in [-0.25, -0.2) is 9.67 Å². The number of morpholine rings is 1. The van der Waals surface area contributed by atoms with E-state index in [1.165, 1.54) is 0 Å². The molecule has 1 amide bonds. The Morgan fingerprint density at radius 1 is 1.21 bits per heavy atom. The molecular formula is C23H26N4O2. The largest absolute Gasteiger partial charge is 0.370 e. The molecule has 29 heavy (non-hydrogen) atoms. The van der Waals surface area contributed by atoms with Crippen molar-refractivity contribution in [3.05, 3.63) is 59.4 Å². The molecule has 6 nitrogen and oxygen atoms in total. The minimum atomic E-state index is -0.0903. The maximum atomic E-state index is 13.6. The summed E-state index contributed by atoms with van der Waals surface area (Å²) in [6.45, 7) is 5.88. The van der Waals surface area contributed by atoms with Gasteiger partial charge in [-0.05, 0) is 38.3 Å². The zero-order valence-corrected chi connectivity index (χ0v) is 16.9. The molecule has 1 aliphatic heterocycles. The van der Waals surface area contributed by atoms with Crippen LogP contribution in [-0.4, -0.2) is 45.3 Å². The van der Waals surface area contributed by atoms with E-state index in [1.54, 1.807) is 6.20 Å². The Morgan fingerprint density at radius 2 is 2.00 bits per heavy atom. The molecule has 2 aliphatic rings. The third-order valence-electron chi connectivity index (χ3n) is 5.83. The molecule has 0 radical (unpaired) electrons. The van der Waals surface area contributed by atoms with Gasteiger partial charge < -0.3 is 9.64 Å². The van der Waals surface area contributed by atoms with Crippen LogP contribution in [0.25, 0.3) is 11.0 Å². The van der Waals surface area contributed by atoms with Gasteiger partial charge in [-0.2, -0.15) is 5.10 Å². The van der Waals surface area contributed by atoms with Crippen LogP contribution in [0.1, 0.15) is 66.4 Å². The SMILES string of the molecule is CC(C)n1ncc2c(C(=O)N3CCOC(c4ccccc4)C3)cc(C3CC3)nc21. The summed E-state index contributed by atoms with van der Waals surface area (Å²) in [4.78, 5) is 20.4. The number of rotatable bonds is 4. The molecule has 6 heteroatoms. The van der Waals surface area contributed by atoms with Crippen LogP contribution >= 0.6 is 0 Å². The van der Waals surface area contributed by atoms with Crippen molar-refractivity contribution in [1.82, 2.24) is 19.7 Å². The summed E-state index contributed by atoms with van der Waals surface area (Å²) in [6.07, 6.45) is 4.00. The molecule has 5 rings (SSSR count). The molecule has 1 unspecified atom stereocenters. The van der Waals surface area contributed by atoms with Gasteiger partial charge in [0.1, 0.15) is 6.10 Å². The molecule has 3 aromatic rings. The van der Waals surface area contributed by atoms with Crippen LogP contribution in [0, 0.1) is 0 Å². The lowest BCUT2D eigenvalue weighted by atomic mass is 10.1. The van der Waals surface area contributed by atoms with Crippen molar-refractivity contribution in [2.24, 2.45) is 0 Å². The molecule has 1 atom stereocenters. The van der Waals surface area contributed by atoms with Crippen molar-refractivity contribution < 1.29 is 9.53 Å². The third-order valence-corrected chi connectivity index (χ3v) is 5.83. The topological polar surface area (TPSA) is 60.2 Å². The highest BCUT2D eigenvalue weighted by molar-refractivity contribution is 6.05. The molecular weight excluding hydrogens is 364 g/mol. The van der Waals surface area contributed by atoms with Gasteiger partial charge in [0.05, 0.1) is 30.3 Å². The highest BCUT2D eigenvalue weighted by Gasteiger charge is 2.31. The summed E-state index contributed by atoms with van der Waals surface area (Å²) < 4.78 is 7.87. The van der Waals surface area contributed by atoms with E-state index < -0.39 is 0 Å². The molecule has 0 N–H and O–H groups in total. The Hall–Kier alpha value is -2.73. The van der Waals surface area contributed by atoms with Crippen LogP contribution in [0.5, 0.6) is 0 Å². The number of aromatic nitrogens is 3. The molecule has 1 aromatic carbocycles. The van der Waals surface area contributed by atoms with Gasteiger partial charge in [-0.15, -0.1) is 0 Å². The Kier molecular flexibility index (Phi) is 4.59. The highest BCUT2D eigenvalue weighted by Crippen LogP contribution is 2.40. The summed E-state index contributed by atoms with van der Waals surface area (Å²) in [5.41, 5.74) is 3.67. The second kappa shape index (κ2) is 7.26. The van der Waals surface area contributed by atoms with Crippen LogP contribution in [0.3, 0.4) is 0 Å². The van der Waals surface area contributed by atoms with Crippen molar-refractivity contribution >= 4 is 16.9 Å². The first-order valence-electron chi connectivity index (χ1n) is 10.5. The van der Waals surface area contributed by atoms with Gasteiger partial charge in [0, 0.05) is 24.2 Å².